The average molecular weight is 777 g/mol. The molecule has 1 heterocycles. The lowest BCUT2D eigenvalue weighted by Crippen LogP contribution is -2.37. The van der Waals surface area contributed by atoms with Crippen LogP contribution in [0.15, 0.2) is 121 Å². The number of rotatable bonds is 6. The van der Waals surface area contributed by atoms with Crippen LogP contribution in [0.2, 0.25) is 39.3 Å². The van der Waals surface area contributed by atoms with Gasteiger partial charge in [0.05, 0.1) is 32.9 Å². The molecule has 0 spiro atoms. The van der Waals surface area contributed by atoms with Crippen molar-refractivity contribution in [1.82, 2.24) is 4.57 Å². The lowest BCUT2D eigenvalue weighted by molar-refractivity contribution is 0.660. The van der Waals surface area contributed by atoms with E-state index in [4.69, 9.17) is 0 Å². The minimum Gasteiger partial charge on any atom is -0.310 e. The summed E-state index contributed by atoms with van der Waals surface area (Å²) < 4.78 is 2.54. The summed E-state index contributed by atoms with van der Waals surface area (Å²) in [6.45, 7) is 28.5. The molecule has 0 bridgehead atoms. The highest BCUT2D eigenvalue weighted by Gasteiger charge is 2.38. The summed E-state index contributed by atoms with van der Waals surface area (Å²) in [5.41, 5.74) is 17.8. The average Bonchev–Trinajstić information content (AvgIpc) is 3.61. The second-order valence-electron chi connectivity index (χ2n) is 19.4. The molecule has 1 aliphatic carbocycles. The molecular weight excluding hydrogens is 721 g/mol. The smallest absolute Gasteiger partial charge is 0.0776 e. The van der Waals surface area contributed by atoms with Crippen LogP contribution in [0.5, 0.6) is 0 Å². The summed E-state index contributed by atoms with van der Waals surface area (Å²) in [7, 11) is -3.04. The maximum atomic E-state index is 2.54. The summed E-state index contributed by atoms with van der Waals surface area (Å²) >= 11 is 0. The first kappa shape index (κ1) is 37.4. The molecule has 0 saturated heterocycles. The normalized spacial score (nSPS) is 13.8. The minimum atomic E-state index is -1.52. The van der Waals surface area contributed by atoms with Crippen LogP contribution in [0.25, 0.3) is 49.4 Å². The van der Waals surface area contributed by atoms with Gasteiger partial charge in [0.1, 0.15) is 0 Å². The molecule has 9 rings (SSSR count). The van der Waals surface area contributed by atoms with Gasteiger partial charge >= 0.3 is 0 Å². The summed E-state index contributed by atoms with van der Waals surface area (Å²) in [5.74, 6) is 0. The van der Waals surface area contributed by atoms with Gasteiger partial charge in [-0.05, 0) is 132 Å². The fourth-order valence-corrected chi connectivity index (χ4v) is 11.6. The Morgan fingerprint density at radius 2 is 1.00 bits per heavy atom. The highest BCUT2D eigenvalue weighted by atomic mass is 28.3. The molecular formula is C53H56N2Si2. The van der Waals surface area contributed by atoms with E-state index in [1.54, 1.807) is 0 Å². The second kappa shape index (κ2) is 12.9. The molecule has 1 aliphatic rings. The van der Waals surface area contributed by atoms with E-state index in [1.807, 2.05) is 0 Å². The van der Waals surface area contributed by atoms with Crippen LogP contribution in [0, 0.1) is 27.7 Å². The van der Waals surface area contributed by atoms with Crippen LogP contribution < -0.4 is 15.3 Å². The molecule has 57 heavy (non-hydrogen) atoms. The van der Waals surface area contributed by atoms with Crippen LogP contribution in [0.3, 0.4) is 0 Å². The van der Waals surface area contributed by atoms with E-state index in [0.29, 0.717) is 0 Å². The molecule has 0 atom stereocenters. The summed E-state index contributed by atoms with van der Waals surface area (Å²) in [6, 6.07) is 47.3. The number of hydrogen-bond acceptors (Lipinski definition) is 1. The summed E-state index contributed by atoms with van der Waals surface area (Å²) in [5, 5.41) is 8.34. The topological polar surface area (TPSA) is 8.17 Å². The van der Waals surface area contributed by atoms with Crippen molar-refractivity contribution in [3.05, 3.63) is 155 Å². The number of benzene rings is 7. The Balaban J connectivity index is 1.28. The van der Waals surface area contributed by atoms with Gasteiger partial charge in [-0.2, -0.15) is 0 Å². The predicted octanol–water partition coefficient (Wildman–Crippen LogP) is 14.0. The number of anilines is 3. The molecule has 0 saturated carbocycles. The molecule has 0 fully saturated rings. The van der Waals surface area contributed by atoms with Gasteiger partial charge in [-0.15, -0.1) is 0 Å². The number of hydrogen-bond donors (Lipinski definition) is 0. The Bertz CT molecular complexity index is 2830. The van der Waals surface area contributed by atoms with Crippen LogP contribution in [0.1, 0.15) is 47.2 Å². The SMILES string of the molecule is Cc1ccc(N(c2ccc(C)c(C)c2)c2cc3c(c4ccccc24)-c2ccc(-n4c5ccc([Si](C)(C)C)cc5c5cc([Si](C)(C)C)ccc54)cc2C3(C)C)cc1C. The zero-order chi connectivity index (χ0) is 40.3. The molecule has 286 valence electrons. The fourth-order valence-electron chi connectivity index (χ4n) is 9.27. The number of fused-ring (bicyclic) bond motifs is 8. The molecule has 0 aliphatic heterocycles. The van der Waals surface area contributed by atoms with Crippen molar-refractivity contribution in [1.29, 1.82) is 0 Å². The van der Waals surface area contributed by atoms with Gasteiger partial charge in [0, 0.05) is 38.6 Å². The molecule has 0 radical (unpaired) electrons. The minimum absolute atomic E-state index is 0.230. The van der Waals surface area contributed by atoms with Crippen molar-refractivity contribution in [2.24, 2.45) is 0 Å². The number of nitrogens with zero attached hydrogens (tertiary/aromatic N) is 2. The third-order valence-corrected chi connectivity index (χ3v) is 17.2. The first-order valence-corrected chi connectivity index (χ1v) is 27.7. The molecule has 0 amide bonds. The van der Waals surface area contributed by atoms with E-state index >= 15 is 0 Å². The maximum absolute atomic E-state index is 2.54. The van der Waals surface area contributed by atoms with Crippen LogP contribution in [-0.4, -0.2) is 20.7 Å². The Kier molecular flexibility index (Phi) is 8.48. The summed E-state index contributed by atoms with van der Waals surface area (Å²) in [4.78, 5) is 2.49. The highest BCUT2D eigenvalue weighted by Crippen LogP contribution is 2.55. The van der Waals surface area contributed by atoms with Crippen molar-refractivity contribution in [2.45, 2.75) is 86.2 Å². The number of aromatic nitrogens is 1. The Labute approximate surface area is 341 Å². The van der Waals surface area contributed by atoms with Crippen LogP contribution in [0.4, 0.5) is 17.1 Å². The zero-order valence-corrected chi connectivity index (χ0v) is 37.9. The lowest BCUT2D eigenvalue weighted by atomic mass is 9.81. The first-order valence-electron chi connectivity index (χ1n) is 20.7. The second-order valence-corrected chi connectivity index (χ2v) is 29.5. The van der Waals surface area contributed by atoms with E-state index in [1.165, 1.54) is 110 Å². The van der Waals surface area contributed by atoms with E-state index in [0.717, 1.165) is 0 Å². The number of aryl methyl sites for hydroxylation is 4. The molecule has 8 aromatic rings. The first-order chi connectivity index (χ1) is 26.9. The molecule has 0 N–H and O–H groups in total. The Morgan fingerprint density at radius 1 is 0.474 bits per heavy atom. The third kappa shape index (κ3) is 5.94. The predicted molar refractivity (Wildman–Crippen MR) is 255 cm³/mol. The maximum Gasteiger partial charge on any atom is 0.0776 e. The molecule has 0 unspecified atom stereocenters. The molecule has 4 heteroatoms. The Morgan fingerprint density at radius 3 is 1.51 bits per heavy atom. The van der Waals surface area contributed by atoms with Gasteiger partial charge in [-0.25, -0.2) is 0 Å². The van der Waals surface area contributed by atoms with E-state index in [-0.39, 0.29) is 5.41 Å². The van der Waals surface area contributed by atoms with Crippen LogP contribution >= 0.6 is 0 Å². The van der Waals surface area contributed by atoms with Crippen molar-refractivity contribution in [3.8, 4) is 16.8 Å². The van der Waals surface area contributed by atoms with Crippen molar-refractivity contribution >= 4 is 76.2 Å². The van der Waals surface area contributed by atoms with E-state index in [2.05, 4.69) is 212 Å². The van der Waals surface area contributed by atoms with Gasteiger partial charge in [0.15, 0.2) is 0 Å². The highest BCUT2D eigenvalue weighted by molar-refractivity contribution is 6.89. The molecule has 1 aromatic heterocycles. The zero-order valence-electron chi connectivity index (χ0n) is 35.9. The third-order valence-electron chi connectivity index (χ3n) is 13.1. The fraction of sp³-hybridized carbons (Fsp3) is 0.245. The van der Waals surface area contributed by atoms with Gasteiger partial charge in [0.25, 0.3) is 0 Å². The summed E-state index contributed by atoms with van der Waals surface area (Å²) in [6.07, 6.45) is 0. The van der Waals surface area contributed by atoms with E-state index < -0.39 is 16.1 Å². The van der Waals surface area contributed by atoms with Crippen molar-refractivity contribution in [2.75, 3.05) is 4.90 Å². The largest absolute Gasteiger partial charge is 0.310 e. The van der Waals surface area contributed by atoms with Crippen molar-refractivity contribution in [3.63, 3.8) is 0 Å². The quantitative estimate of drug-likeness (QED) is 0.153. The van der Waals surface area contributed by atoms with Crippen molar-refractivity contribution < 1.29 is 0 Å². The van der Waals surface area contributed by atoms with Gasteiger partial charge < -0.3 is 9.47 Å². The van der Waals surface area contributed by atoms with Gasteiger partial charge in [-0.1, -0.05) is 130 Å². The molecule has 2 nitrogen and oxygen atoms in total. The standard InChI is InChI=1S/C53H56N2Si2/c1-33-17-19-37(27-35(33)3)54(38-20-18-34(2)36(4)28-38)51-32-48-52(43-16-14-13-15-42(43)51)44-24-21-39(29-47(44)53(48,5)6)55-49-25-22-40(56(7,8)9)30-45(49)46-31-41(57(10,11)12)23-26-50(46)55/h13-32H,1-12H3. The van der Waals surface area contributed by atoms with Gasteiger partial charge in [-0.3, -0.25) is 0 Å². The van der Waals surface area contributed by atoms with Gasteiger partial charge in [0.2, 0.25) is 0 Å². The Hall–Kier alpha value is -5.17. The van der Waals surface area contributed by atoms with Crippen LogP contribution in [-0.2, 0) is 5.41 Å². The molecule has 7 aromatic carbocycles. The monoisotopic (exact) mass is 776 g/mol. The lowest BCUT2D eigenvalue weighted by Gasteiger charge is -2.30. The van der Waals surface area contributed by atoms with E-state index in [9.17, 15) is 0 Å².